The second-order valence-electron chi connectivity index (χ2n) is 6.83. The SMILES string of the molecule is CC1CC(C)C(C)C(C)[N+]2(CCCCC2)C1. The van der Waals surface area contributed by atoms with Crippen molar-refractivity contribution in [3.8, 4) is 0 Å². The van der Waals surface area contributed by atoms with Gasteiger partial charge in [0.15, 0.2) is 0 Å². The van der Waals surface area contributed by atoms with E-state index in [0.717, 1.165) is 23.8 Å². The Hall–Kier alpha value is -0.0400. The number of quaternary nitrogens is 1. The Kier molecular flexibility index (Phi) is 3.63. The predicted molar refractivity (Wildman–Crippen MR) is 70.3 cm³/mol. The molecule has 0 saturated carbocycles. The van der Waals surface area contributed by atoms with Crippen LogP contribution in [0.15, 0.2) is 0 Å². The number of nitrogens with zero attached hydrogens (tertiary/aromatic N) is 1. The lowest BCUT2D eigenvalue weighted by Gasteiger charge is -2.48. The minimum absolute atomic E-state index is 0.889. The van der Waals surface area contributed by atoms with E-state index in [-0.39, 0.29) is 0 Å². The van der Waals surface area contributed by atoms with Crippen LogP contribution in [0.25, 0.3) is 0 Å². The van der Waals surface area contributed by atoms with Gasteiger partial charge >= 0.3 is 0 Å². The van der Waals surface area contributed by atoms with Gasteiger partial charge in [-0.05, 0) is 38.5 Å². The molecule has 2 aliphatic rings. The van der Waals surface area contributed by atoms with Crippen molar-refractivity contribution < 1.29 is 4.48 Å². The van der Waals surface area contributed by atoms with Crippen LogP contribution in [0, 0.1) is 17.8 Å². The lowest BCUT2D eigenvalue weighted by Crippen LogP contribution is -2.59. The molecule has 2 rings (SSSR count). The molecule has 0 radical (unpaired) electrons. The smallest absolute Gasteiger partial charge is 0.0890 e. The molecule has 1 heteroatoms. The molecule has 0 aliphatic carbocycles. The first-order chi connectivity index (χ1) is 7.55. The molecule has 1 nitrogen and oxygen atoms in total. The molecule has 2 heterocycles. The zero-order valence-corrected chi connectivity index (χ0v) is 11.7. The Labute approximate surface area is 102 Å². The van der Waals surface area contributed by atoms with Crippen molar-refractivity contribution in [2.75, 3.05) is 19.6 Å². The van der Waals surface area contributed by atoms with E-state index >= 15 is 0 Å². The lowest BCUT2D eigenvalue weighted by molar-refractivity contribution is -0.958. The summed E-state index contributed by atoms with van der Waals surface area (Å²) in [5.74, 6) is 2.76. The van der Waals surface area contributed by atoms with E-state index in [1.54, 1.807) is 0 Å². The van der Waals surface area contributed by atoms with Crippen LogP contribution in [-0.2, 0) is 0 Å². The highest BCUT2D eigenvalue weighted by atomic mass is 15.4. The Morgan fingerprint density at radius 1 is 0.875 bits per heavy atom. The maximum Gasteiger partial charge on any atom is 0.0890 e. The van der Waals surface area contributed by atoms with E-state index in [1.165, 1.54) is 49.8 Å². The Bertz CT molecular complexity index is 230. The third kappa shape index (κ3) is 2.16. The van der Waals surface area contributed by atoms with Crippen LogP contribution in [0.5, 0.6) is 0 Å². The largest absolute Gasteiger partial charge is 0.321 e. The Balaban J connectivity index is 2.21. The van der Waals surface area contributed by atoms with Gasteiger partial charge in [-0.3, -0.25) is 0 Å². The monoisotopic (exact) mass is 224 g/mol. The van der Waals surface area contributed by atoms with Gasteiger partial charge in [-0.2, -0.15) is 0 Å². The van der Waals surface area contributed by atoms with Gasteiger partial charge in [0.25, 0.3) is 0 Å². The third-order valence-corrected chi connectivity index (χ3v) is 5.68. The maximum atomic E-state index is 2.53. The molecule has 94 valence electrons. The molecule has 16 heavy (non-hydrogen) atoms. The third-order valence-electron chi connectivity index (χ3n) is 5.68. The summed E-state index contributed by atoms with van der Waals surface area (Å²) in [5, 5.41) is 0. The molecule has 2 saturated heterocycles. The summed E-state index contributed by atoms with van der Waals surface area (Å²) >= 11 is 0. The second kappa shape index (κ2) is 4.68. The van der Waals surface area contributed by atoms with Gasteiger partial charge in [0.2, 0.25) is 0 Å². The van der Waals surface area contributed by atoms with Gasteiger partial charge in [-0.25, -0.2) is 0 Å². The molecule has 0 aromatic heterocycles. The minimum Gasteiger partial charge on any atom is -0.321 e. The van der Waals surface area contributed by atoms with Crippen LogP contribution in [0.2, 0.25) is 0 Å². The summed E-state index contributed by atoms with van der Waals surface area (Å²) in [6.07, 6.45) is 5.87. The van der Waals surface area contributed by atoms with Crippen molar-refractivity contribution in [2.24, 2.45) is 17.8 Å². The second-order valence-corrected chi connectivity index (χ2v) is 6.83. The minimum atomic E-state index is 0.889. The predicted octanol–water partition coefficient (Wildman–Crippen LogP) is 3.69. The Morgan fingerprint density at radius 3 is 2.12 bits per heavy atom. The van der Waals surface area contributed by atoms with Crippen molar-refractivity contribution in [2.45, 2.75) is 59.4 Å². The van der Waals surface area contributed by atoms with Crippen molar-refractivity contribution in [3.05, 3.63) is 0 Å². The molecule has 4 atom stereocenters. The van der Waals surface area contributed by atoms with Crippen LogP contribution < -0.4 is 0 Å². The molecule has 0 aromatic rings. The highest BCUT2D eigenvalue weighted by Crippen LogP contribution is 2.37. The van der Waals surface area contributed by atoms with E-state index in [2.05, 4.69) is 27.7 Å². The van der Waals surface area contributed by atoms with E-state index in [0.29, 0.717) is 0 Å². The molecule has 2 fully saturated rings. The zero-order valence-electron chi connectivity index (χ0n) is 11.7. The van der Waals surface area contributed by atoms with Crippen LogP contribution in [0.3, 0.4) is 0 Å². The molecule has 1 spiro atoms. The number of piperidine rings is 1. The summed E-state index contributed by atoms with van der Waals surface area (Å²) in [6, 6.07) is 0.889. The van der Waals surface area contributed by atoms with Gasteiger partial charge in [0.1, 0.15) is 0 Å². The Morgan fingerprint density at radius 2 is 1.50 bits per heavy atom. The molecule has 2 aliphatic heterocycles. The van der Waals surface area contributed by atoms with Gasteiger partial charge in [-0.15, -0.1) is 0 Å². The average Bonchev–Trinajstić information content (AvgIpc) is 2.33. The molecule has 0 amide bonds. The van der Waals surface area contributed by atoms with E-state index in [9.17, 15) is 0 Å². The zero-order chi connectivity index (χ0) is 11.8. The van der Waals surface area contributed by atoms with Crippen molar-refractivity contribution in [1.82, 2.24) is 0 Å². The van der Waals surface area contributed by atoms with Crippen molar-refractivity contribution in [3.63, 3.8) is 0 Å². The van der Waals surface area contributed by atoms with Crippen LogP contribution in [0.1, 0.15) is 53.4 Å². The van der Waals surface area contributed by atoms with Gasteiger partial charge in [0, 0.05) is 11.8 Å². The fraction of sp³-hybridized carbons (Fsp3) is 1.00. The van der Waals surface area contributed by atoms with Gasteiger partial charge in [0.05, 0.1) is 25.7 Å². The summed E-state index contributed by atoms with van der Waals surface area (Å²) in [7, 11) is 0. The van der Waals surface area contributed by atoms with E-state index in [4.69, 9.17) is 0 Å². The van der Waals surface area contributed by atoms with Crippen LogP contribution in [-0.4, -0.2) is 30.2 Å². The molecular formula is C15H30N+. The summed E-state index contributed by atoms with van der Waals surface area (Å²) in [5.41, 5.74) is 0. The average molecular weight is 224 g/mol. The molecule has 4 unspecified atom stereocenters. The van der Waals surface area contributed by atoms with E-state index < -0.39 is 0 Å². The van der Waals surface area contributed by atoms with Gasteiger partial charge in [-0.1, -0.05) is 20.8 Å². The van der Waals surface area contributed by atoms with Crippen LogP contribution in [0.4, 0.5) is 0 Å². The standard InChI is InChI=1S/C15H30N/c1-12-10-13(2)14(3)15(4)16(11-12)8-6-5-7-9-16/h12-15H,5-11H2,1-4H3/q+1. The van der Waals surface area contributed by atoms with Crippen LogP contribution >= 0.6 is 0 Å². The topological polar surface area (TPSA) is 0 Å². The number of rotatable bonds is 0. The normalized spacial score (nSPS) is 44.2. The first-order valence-corrected chi connectivity index (χ1v) is 7.41. The highest BCUT2D eigenvalue weighted by molar-refractivity contribution is 4.77. The first kappa shape index (κ1) is 12.4. The molecular weight excluding hydrogens is 194 g/mol. The fourth-order valence-electron chi connectivity index (χ4n) is 4.42. The summed E-state index contributed by atoms with van der Waals surface area (Å²) in [6.45, 7) is 14.4. The van der Waals surface area contributed by atoms with E-state index in [1.807, 2.05) is 0 Å². The number of hydrogen-bond acceptors (Lipinski definition) is 0. The molecule has 0 N–H and O–H groups in total. The lowest BCUT2D eigenvalue weighted by atomic mass is 9.85. The van der Waals surface area contributed by atoms with Gasteiger partial charge < -0.3 is 4.48 Å². The molecule has 0 bridgehead atoms. The quantitative estimate of drug-likeness (QED) is 0.551. The fourth-order valence-corrected chi connectivity index (χ4v) is 4.42. The van der Waals surface area contributed by atoms with Crippen molar-refractivity contribution in [1.29, 1.82) is 0 Å². The van der Waals surface area contributed by atoms with Crippen molar-refractivity contribution >= 4 is 0 Å². The molecule has 0 aromatic carbocycles. The summed E-state index contributed by atoms with van der Waals surface area (Å²) in [4.78, 5) is 0. The maximum absolute atomic E-state index is 2.53. The number of hydrogen-bond donors (Lipinski definition) is 0. The highest BCUT2D eigenvalue weighted by Gasteiger charge is 2.43. The summed E-state index contributed by atoms with van der Waals surface area (Å²) < 4.78 is 1.45. The first-order valence-electron chi connectivity index (χ1n) is 7.41.